The quantitative estimate of drug-likeness (QED) is 0.258. The number of fused-ring (bicyclic) bond motifs is 1. The van der Waals surface area contributed by atoms with E-state index in [0.29, 0.717) is 23.1 Å². The van der Waals surface area contributed by atoms with Crippen molar-refractivity contribution >= 4 is 38.4 Å². The van der Waals surface area contributed by atoms with Gasteiger partial charge in [0.2, 0.25) is 0 Å². The molecule has 1 aromatic heterocycles. The Morgan fingerprint density at radius 2 is 1.84 bits per heavy atom. The highest BCUT2D eigenvalue weighted by atomic mass is 79.9. The van der Waals surface area contributed by atoms with Crippen molar-refractivity contribution in [1.29, 1.82) is 0 Å². The molecule has 6 heteroatoms. The predicted octanol–water partition coefficient (Wildman–Crippen LogP) is 6.50. The molecular weight excluding hydrogens is 476 g/mol. The van der Waals surface area contributed by atoms with Gasteiger partial charge in [0.15, 0.2) is 11.5 Å². The minimum absolute atomic E-state index is 0.439. The summed E-state index contributed by atoms with van der Waals surface area (Å²) in [6.45, 7) is 2.07. The van der Waals surface area contributed by atoms with Crippen molar-refractivity contribution in [2.75, 3.05) is 13.7 Å². The van der Waals surface area contributed by atoms with E-state index in [2.05, 4.69) is 62.8 Å². The topological polar surface area (TPSA) is 46.3 Å². The number of H-pyrrole nitrogens is 1. The molecule has 0 saturated carbocycles. The second-order valence-corrected chi connectivity index (χ2v) is 8.60. The molecule has 0 saturated heterocycles. The van der Waals surface area contributed by atoms with Crippen LogP contribution in [0.1, 0.15) is 16.7 Å². The number of para-hydroxylation sites is 1. The first-order chi connectivity index (χ1) is 15.1. The fourth-order valence-corrected chi connectivity index (χ4v) is 4.28. The van der Waals surface area contributed by atoms with Crippen molar-refractivity contribution in [2.24, 2.45) is 0 Å². The molecular formula is C25H24BrClN2O2. The van der Waals surface area contributed by atoms with Gasteiger partial charge in [-0.1, -0.05) is 41.9 Å². The Balaban J connectivity index is 1.35. The maximum atomic E-state index is 6.02. The molecule has 3 aromatic carbocycles. The Bertz CT molecular complexity index is 1160. The Morgan fingerprint density at radius 1 is 1.03 bits per heavy atom. The number of hydrogen-bond donors (Lipinski definition) is 2. The minimum Gasteiger partial charge on any atom is -0.493 e. The molecule has 2 N–H and O–H groups in total. The lowest BCUT2D eigenvalue weighted by molar-refractivity contribution is 0.282. The van der Waals surface area contributed by atoms with E-state index in [1.165, 1.54) is 16.5 Å². The first-order valence-electron chi connectivity index (χ1n) is 10.1. The number of ether oxygens (including phenoxy) is 2. The van der Waals surface area contributed by atoms with Crippen LogP contribution in [-0.2, 0) is 19.6 Å². The first kappa shape index (κ1) is 21.8. The van der Waals surface area contributed by atoms with Crippen LogP contribution in [0.15, 0.2) is 71.3 Å². The van der Waals surface area contributed by atoms with Crippen LogP contribution in [0.5, 0.6) is 11.5 Å². The Labute approximate surface area is 195 Å². The molecule has 0 fully saturated rings. The Kier molecular flexibility index (Phi) is 7.17. The number of nitrogens with one attached hydrogen (secondary N) is 2. The normalized spacial score (nSPS) is 11.1. The number of halogens is 2. The largest absolute Gasteiger partial charge is 0.493 e. The van der Waals surface area contributed by atoms with Gasteiger partial charge in [0.05, 0.1) is 11.6 Å². The van der Waals surface area contributed by atoms with Gasteiger partial charge in [-0.15, -0.1) is 0 Å². The molecule has 4 rings (SSSR count). The molecule has 0 radical (unpaired) electrons. The molecule has 0 unspecified atom stereocenters. The molecule has 1 heterocycles. The second kappa shape index (κ2) is 10.2. The number of benzene rings is 3. The van der Waals surface area contributed by atoms with Crippen LogP contribution < -0.4 is 14.8 Å². The highest BCUT2D eigenvalue weighted by Gasteiger charge is 2.12. The number of aromatic nitrogens is 1. The van der Waals surface area contributed by atoms with Gasteiger partial charge in [0.25, 0.3) is 0 Å². The summed E-state index contributed by atoms with van der Waals surface area (Å²) in [6.07, 6.45) is 3.06. The van der Waals surface area contributed by atoms with E-state index in [-0.39, 0.29) is 0 Å². The van der Waals surface area contributed by atoms with Crippen molar-refractivity contribution < 1.29 is 9.47 Å². The average Bonchev–Trinajstić information content (AvgIpc) is 3.20. The van der Waals surface area contributed by atoms with Gasteiger partial charge >= 0.3 is 0 Å². The predicted molar refractivity (Wildman–Crippen MR) is 130 cm³/mol. The summed E-state index contributed by atoms with van der Waals surface area (Å²) >= 11 is 9.58. The van der Waals surface area contributed by atoms with Crippen LogP contribution in [-0.4, -0.2) is 18.6 Å². The van der Waals surface area contributed by atoms with Crippen molar-refractivity contribution in [2.45, 2.75) is 19.6 Å². The average molecular weight is 500 g/mol. The monoisotopic (exact) mass is 498 g/mol. The maximum Gasteiger partial charge on any atom is 0.175 e. The summed E-state index contributed by atoms with van der Waals surface area (Å²) in [6, 6.07) is 20.1. The third-order valence-electron chi connectivity index (χ3n) is 5.16. The van der Waals surface area contributed by atoms with Crippen molar-refractivity contribution in [3.8, 4) is 11.5 Å². The molecule has 0 aliphatic heterocycles. The number of methoxy groups -OCH3 is 1. The summed E-state index contributed by atoms with van der Waals surface area (Å²) in [5.74, 6) is 1.40. The summed E-state index contributed by atoms with van der Waals surface area (Å²) < 4.78 is 12.5. The number of aromatic amines is 1. The summed E-state index contributed by atoms with van der Waals surface area (Å²) in [7, 11) is 1.66. The molecule has 160 valence electrons. The lowest BCUT2D eigenvalue weighted by atomic mass is 10.1. The van der Waals surface area contributed by atoms with Gasteiger partial charge < -0.3 is 19.8 Å². The second-order valence-electron chi connectivity index (χ2n) is 7.31. The van der Waals surface area contributed by atoms with Crippen molar-refractivity contribution in [3.05, 3.63) is 93.0 Å². The third kappa shape index (κ3) is 5.42. The number of hydrogen-bond acceptors (Lipinski definition) is 3. The molecule has 0 spiro atoms. The molecule has 4 aromatic rings. The highest BCUT2D eigenvalue weighted by molar-refractivity contribution is 9.10. The lowest BCUT2D eigenvalue weighted by Crippen LogP contribution is -2.16. The van der Waals surface area contributed by atoms with Gasteiger partial charge in [-0.05, 0) is 75.9 Å². The van der Waals surface area contributed by atoms with Crippen LogP contribution >= 0.6 is 27.5 Å². The van der Waals surface area contributed by atoms with Crippen molar-refractivity contribution in [1.82, 2.24) is 10.3 Å². The maximum absolute atomic E-state index is 6.02. The van der Waals surface area contributed by atoms with Gasteiger partial charge in [-0.2, -0.15) is 0 Å². The minimum atomic E-state index is 0.439. The Morgan fingerprint density at radius 3 is 2.65 bits per heavy atom. The zero-order chi connectivity index (χ0) is 21.6. The van der Waals surface area contributed by atoms with E-state index >= 15 is 0 Å². The van der Waals surface area contributed by atoms with Gasteiger partial charge in [0, 0.05) is 28.7 Å². The summed E-state index contributed by atoms with van der Waals surface area (Å²) in [5.41, 5.74) is 4.68. The molecule has 0 bridgehead atoms. The fraction of sp³-hybridized carbons (Fsp3) is 0.200. The van der Waals surface area contributed by atoms with Crippen LogP contribution in [0.4, 0.5) is 0 Å². The van der Waals surface area contributed by atoms with E-state index in [1.54, 1.807) is 7.11 Å². The molecule has 4 nitrogen and oxygen atoms in total. The molecule has 0 amide bonds. The summed E-state index contributed by atoms with van der Waals surface area (Å²) in [4.78, 5) is 3.33. The first-order valence-corrected chi connectivity index (χ1v) is 11.3. The van der Waals surface area contributed by atoms with E-state index in [4.69, 9.17) is 21.1 Å². The molecule has 31 heavy (non-hydrogen) atoms. The van der Waals surface area contributed by atoms with Crippen molar-refractivity contribution in [3.63, 3.8) is 0 Å². The van der Waals surface area contributed by atoms with E-state index in [1.807, 2.05) is 30.3 Å². The van der Waals surface area contributed by atoms with E-state index in [0.717, 1.165) is 35.1 Å². The van der Waals surface area contributed by atoms with E-state index in [9.17, 15) is 0 Å². The molecule has 0 aliphatic rings. The SMILES string of the molecule is COc1cc(CNCCc2c[nH]c3ccccc23)cc(Br)c1OCc1ccc(Cl)cc1. The van der Waals surface area contributed by atoms with E-state index < -0.39 is 0 Å². The van der Waals surface area contributed by atoms with Crippen LogP contribution in [0.3, 0.4) is 0 Å². The zero-order valence-electron chi connectivity index (χ0n) is 17.3. The van der Waals surface area contributed by atoms with Gasteiger partial charge in [0.1, 0.15) is 6.61 Å². The smallest absolute Gasteiger partial charge is 0.175 e. The third-order valence-corrected chi connectivity index (χ3v) is 6.00. The van der Waals surface area contributed by atoms with Crippen LogP contribution in [0.25, 0.3) is 10.9 Å². The molecule has 0 atom stereocenters. The Hall–Kier alpha value is -2.47. The lowest BCUT2D eigenvalue weighted by Gasteiger charge is -2.15. The van der Waals surface area contributed by atoms with Gasteiger partial charge in [-0.3, -0.25) is 0 Å². The van der Waals surface area contributed by atoms with Crippen LogP contribution in [0.2, 0.25) is 5.02 Å². The number of rotatable bonds is 9. The zero-order valence-corrected chi connectivity index (χ0v) is 19.6. The molecule has 0 aliphatic carbocycles. The highest BCUT2D eigenvalue weighted by Crippen LogP contribution is 2.37. The van der Waals surface area contributed by atoms with Gasteiger partial charge in [-0.25, -0.2) is 0 Å². The standard InChI is InChI=1S/C25H24BrClN2O2/c1-30-24-13-18(12-22(26)25(24)31-16-17-6-8-20(27)9-7-17)14-28-11-10-19-15-29-23-5-3-2-4-21(19)23/h2-9,12-13,15,28-29H,10-11,14,16H2,1H3. The summed E-state index contributed by atoms with van der Waals surface area (Å²) in [5, 5.41) is 5.52. The fourth-order valence-electron chi connectivity index (χ4n) is 3.55. The van der Waals surface area contributed by atoms with Crippen LogP contribution in [0, 0.1) is 0 Å².